The summed E-state index contributed by atoms with van der Waals surface area (Å²) in [5, 5.41) is 8.27. The van der Waals surface area contributed by atoms with E-state index in [2.05, 4.69) is 15.6 Å². The van der Waals surface area contributed by atoms with Gasteiger partial charge in [0.1, 0.15) is 5.75 Å². The lowest BCUT2D eigenvalue weighted by Gasteiger charge is -2.16. The van der Waals surface area contributed by atoms with Gasteiger partial charge in [0.25, 0.3) is 11.8 Å². The Bertz CT molecular complexity index is 930. The van der Waals surface area contributed by atoms with Gasteiger partial charge in [-0.2, -0.15) is 0 Å². The van der Waals surface area contributed by atoms with Gasteiger partial charge >= 0.3 is 0 Å². The van der Waals surface area contributed by atoms with Crippen LogP contribution in [0, 0.1) is 0 Å². The molecule has 0 saturated heterocycles. The van der Waals surface area contributed by atoms with Crippen LogP contribution < -0.4 is 15.4 Å². The number of anilines is 2. The fourth-order valence-corrected chi connectivity index (χ4v) is 2.89. The van der Waals surface area contributed by atoms with Crippen molar-refractivity contribution in [2.75, 3.05) is 10.6 Å². The van der Waals surface area contributed by atoms with Crippen molar-refractivity contribution < 1.29 is 14.3 Å². The van der Waals surface area contributed by atoms with E-state index in [9.17, 15) is 9.59 Å². The summed E-state index contributed by atoms with van der Waals surface area (Å²) < 4.78 is 5.61. The number of rotatable bonds is 6. The van der Waals surface area contributed by atoms with Crippen LogP contribution in [0.4, 0.5) is 10.8 Å². The van der Waals surface area contributed by atoms with E-state index < -0.39 is 6.10 Å². The molecule has 2 aromatic carbocycles. The quantitative estimate of drug-likeness (QED) is 0.639. The van der Waals surface area contributed by atoms with E-state index in [-0.39, 0.29) is 11.8 Å². The highest BCUT2D eigenvalue weighted by molar-refractivity contribution is 7.13. The summed E-state index contributed by atoms with van der Waals surface area (Å²) in [5.74, 6) is -0.205. The zero-order valence-electron chi connectivity index (χ0n) is 14.3. The first-order valence-corrected chi connectivity index (χ1v) is 9.31. The Hall–Kier alpha value is -2.90. The number of amides is 2. The van der Waals surface area contributed by atoms with E-state index in [0.717, 1.165) is 0 Å². The molecule has 0 spiro atoms. The maximum Gasteiger partial charge on any atom is 0.265 e. The van der Waals surface area contributed by atoms with Crippen LogP contribution in [0.1, 0.15) is 17.3 Å². The second kappa shape index (κ2) is 8.66. The average molecular weight is 402 g/mol. The SMILES string of the molecule is CC(Oc1ccc(Cl)cc1)C(=O)Nc1ccccc1C(=O)Nc1nccs1. The molecular formula is C19H16ClN3O3S. The fourth-order valence-electron chi connectivity index (χ4n) is 2.24. The number of aromatic nitrogens is 1. The number of hydrogen-bond donors (Lipinski definition) is 2. The van der Waals surface area contributed by atoms with Gasteiger partial charge in [0.2, 0.25) is 0 Å². The standard InChI is InChI=1S/C19H16ClN3O3S/c1-12(26-14-8-6-13(20)7-9-14)17(24)22-16-5-3-2-4-15(16)18(25)23-19-21-10-11-27-19/h2-12H,1H3,(H,22,24)(H,21,23,25). The molecule has 0 bridgehead atoms. The highest BCUT2D eigenvalue weighted by Crippen LogP contribution is 2.20. The monoisotopic (exact) mass is 401 g/mol. The van der Waals surface area contributed by atoms with Gasteiger partial charge in [0, 0.05) is 16.6 Å². The highest BCUT2D eigenvalue weighted by Gasteiger charge is 2.19. The van der Waals surface area contributed by atoms with Crippen molar-refractivity contribution in [3.05, 3.63) is 70.7 Å². The third-order valence-corrected chi connectivity index (χ3v) is 4.52. The molecule has 1 unspecified atom stereocenters. The fraction of sp³-hybridized carbons (Fsp3) is 0.105. The molecule has 1 heterocycles. The number of para-hydroxylation sites is 1. The molecule has 8 heteroatoms. The molecule has 138 valence electrons. The molecule has 0 aliphatic rings. The van der Waals surface area contributed by atoms with Crippen molar-refractivity contribution in [1.29, 1.82) is 0 Å². The second-order valence-electron chi connectivity index (χ2n) is 5.54. The Kier molecular flexibility index (Phi) is 6.05. The minimum atomic E-state index is -0.763. The third kappa shape index (κ3) is 5.06. The molecule has 0 fully saturated rings. The molecule has 0 radical (unpaired) electrons. The van der Waals surface area contributed by atoms with Gasteiger partial charge in [-0.05, 0) is 43.3 Å². The maximum atomic E-state index is 12.5. The van der Waals surface area contributed by atoms with Gasteiger partial charge < -0.3 is 10.1 Å². The summed E-state index contributed by atoms with van der Waals surface area (Å²) >= 11 is 7.15. The molecule has 6 nitrogen and oxygen atoms in total. The summed E-state index contributed by atoms with van der Waals surface area (Å²) in [5.41, 5.74) is 0.725. The van der Waals surface area contributed by atoms with Crippen LogP contribution in [0.5, 0.6) is 5.75 Å². The number of nitrogens with zero attached hydrogens (tertiary/aromatic N) is 1. The molecule has 2 amide bonds. The van der Waals surface area contributed by atoms with Crippen LogP contribution >= 0.6 is 22.9 Å². The number of carbonyl (C=O) groups excluding carboxylic acids is 2. The predicted octanol–water partition coefficient (Wildman–Crippen LogP) is 4.45. The van der Waals surface area contributed by atoms with E-state index >= 15 is 0 Å². The number of nitrogens with one attached hydrogen (secondary N) is 2. The minimum absolute atomic E-state index is 0.333. The Balaban J connectivity index is 1.68. The molecular weight excluding hydrogens is 386 g/mol. The third-order valence-electron chi connectivity index (χ3n) is 3.58. The Morgan fingerprint density at radius 2 is 1.85 bits per heavy atom. The topological polar surface area (TPSA) is 80.3 Å². The predicted molar refractivity (Wildman–Crippen MR) is 107 cm³/mol. The van der Waals surface area contributed by atoms with Crippen molar-refractivity contribution in [2.45, 2.75) is 13.0 Å². The van der Waals surface area contributed by atoms with Crippen LogP contribution in [-0.2, 0) is 4.79 Å². The molecule has 1 atom stereocenters. The molecule has 3 aromatic rings. The van der Waals surface area contributed by atoms with Gasteiger partial charge in [-0.1, -0.05) is 23.7 Å². The summed E-state index contributed by atoms with van der Waals surface area (Å²) in [6, 6.07) is 13.5. The molecule has 2 N–H and O–H groups in total. The Morgan fingerprint density at radius 1 is 1.11 bits per heavy atom. The average Bonchev–Trinajstić information content (AvgIpc) is 3.17. The lowest BCUT2D eigenvalue weighted by atomic mass is 10.1. The first kappa shape index (κ1) is 18.9. The van der Waals surface area contributed by atoms with Gasteiger partial charge in [-0.25, -0.2) is 4.98 Å². The van der Waals surface area contributed by atoms with E-state index in [1.807, 2.05) is 0 Å². The second-order valence-corrected chi connectivity index (χ2v) is 6.87. The maximum absolute atomic E-state index is 12.5. The van der Waals surface area contributed by atoms with E-state index in [4.69, 9.17) is 16.3 Å². The van der Waals surface area contributed by atoms with Crippen molar-refractivity contribution in [3.63, 3.8) is 0 Å². The summed E-state index contributed by atoms with van der Waals surface area (Å²) in [7, 11) is 0. The van der Waals surface area contributed by atoms with Crippen molar-refractivity contribution >= 4 is 45.6 Å². The van der Waals surface area contributed by atoms with Crippen molar-refractivity contribution in [1.82, 2.24) is 4.98 Å². The molecule has 0 saturated carbocycles. The van der Waals surface area contributed by atoms with Gasteiger partial charge in [0.05, 0.1) is 11.3 Å². The normalized spacial score (nSPS) is 11.5. The highest BCUT2D eigenvalue weighted by atomic mass is 35.5. The zero-order valence-corrected chi connectivity index (χ0v) is 15.9. The number of carbonyl (C=O) groups is 2. The smallest absolute Gasteiger partial charge is 0.265 e. The van der Waals surface area contributed by atoms with Crippen LogP contribution in [0.15, 0.2) is 60.1 Å². The largest absolute Gasteiger partial charge is 0.481 e. The van der Waals surface area contributed by atoms with E-state index in [1.165, 1.54) is 11.3 Å². The molecule has 3 rings (SSSR count). The van der Waals surface area contributed by atoms with E-state index in [1.54, 1.807) is 67.0 Å². The first-order chi connectivity index (χ1) is 13.0. The van der Waals surface area contributed by atoms with Crippen LogP contribution in [0.2, 0.25) is 5.02 Å². The molecule has 0 aliphatic carbocycles. The van der Waals surface area contributed by atoms with Crippen molar-refractivity contribution in [2.24, 2.45) is 0 Å². The lowest BCUT2D eigenvalue weighted by Crippen LogP contribution is -2.31. The van der Waals surface area contributed by atoms with Crippen LogP contribution in [0.25, 0.3) is 0 Å². The number of hydrogen-bond acceptors (Lipinski definition) is 5. The molecule has 0 aliphatic heterocycles. The minimum Gasteiger partial charge on any atom is -0.481 e. The number of thiazole rings is 1. The molecule has 1 aromatic heterocycles. The Labute approximate surface area is 165 Å². The van der Waals surface area contributed by atoms with Crippen LogP contribution in [0.3, 0.4) is 0 Å². The summed E-state index contributed by atoms with van der Waals surface area (Å²) in [6.07, 6.45) is 0.838. The number of halogens is 1. The number of benzene rings is 2. The summed E-state index contributed by atoms with van der Waals surface area (Å²) in [6.45, 7) is 1.63. The zero-order chi connectivity index (χ0) is 19.2. The van der Waals surface area contributed by atoms with Crippen LogP contribution in [-0.4, -0.2) is 22.9 Å². The first-order valence-electron chi connectivity index (χ1n) is 8.06. The van der Waals surface area contributed by atoms with E-state index in [0.29, 0.717) is 27.2 Å². The van der Waals surface area contributed by atoms with Gasteiger partial charge in [-0.15, -0.1) is 11.3 Å². The lowest BCUT2D eigenvalue weighted by molar-refractivity contribution is -0.122. The number of ether oxygens (including phenoxy) is 1. The Morgan fingerprint density at radius 3 is 2.56 bits per heavy atom. The van der Waals surface area contributed by atoms with Crippen molar-refractivity contribution in [3.8, 4) is 5.75 Å². The van der Waals surface area contributed by atoms with Gasteiger partial charge in [0.15, 0.2) is 11.2 Å². The molecule has 27 heavy (non-hydrogen) atoms. The van der Waals surface area contributed by atoms with Gasteiger partial charge in [-0.3, -0.25) is 14.9 Å². The summed E-state index contributed by atoms with van der Waals surface area (Å²) in [4.78, 5) is 29.0.